The molecule has 0 aromatic heterocycles. The van der Waals surface area contributed by atoms with E-state index in [-0.39, 0.29) is 43.5 Å². The molecule has 3 aliphatic carbocycles. The van der Waals surface area contributed by atoms with E-state index in [0.29, 0.717) is 12.8 Å². The van der Waals surface area contributed by atoms with E-state index in [1.54, 1.807) is 0 Å². The lowest BCUT2D eigenvalue weighted by Gasteiger charge is -2.25. The third-order valence-corrected chi connectivity index (χ3v) is 7.47. The van der Waals surface area contributed by atoms with E-state index in [4.69, 9.17) is 9.84 Å². The van der Waals surface area contributed by atoms with Crippen LogP contribution in [0.1, 0.15) is 36.3 Å². The van der Waals surface area contributed by atoms with Crippen LogP contribution in [0.25, 0.3) is 11.1 Å². The average molecular weight is 461 g/mol. The molecule has 2 aromatic rings. The van der Waals surface area contributed by atoms with Crippen LogP contribution in [-0.4, -0.2) is 53.7 Å². The number of hydrogen-bond acceptors (Lipinski definition) is 4. The van der Waals surface area contributed by atoms with Crippen molar-refractivity contribution < 1.29 is 24.2 Å². The Morgan fingerprint density at radius 3 is 2.35 bits per heavy atom. The van der Waals surface area contributed by atoms with Gasteiger partial charge >= 0.3 is 12.1 Å². The Hall–Kier alpha value is -3.61. The number of nitrogens with zero attached hydrogens (tertiary/aromatic N) is 1. The minimum Gasteiger partial charge on any atom is -0.480 e. The molecule has 0 unspecified atom stereocenters. The summed E-state index contributed by atoms with van der Waals surface area (Å²) in [4.78, 5) is 38.2. The molecule has 2 saturated carbocycles. The lowest BCUT2D eigenvalue weighted by atomic mass is 9.98. The van der Waals surface area contributed by atoms with E-state index in [1.165, 1.54) is 22.1 Å². The van der Waals surface area contributed by atoms with Crippen molar-refractivity contribution in [1.29, 1.82) is 0 Å². The van der Waals surface area contributed by atoms with Gasteiger partial charge in [-0.25, -0.2) is 4.79 Å². The third kappa shape index (κ3) is 3.85. The number of benzene rings is 2. The van der Waals surface area contributed by atoms with E-state index in [0.717, 1.165) is 17.5 Å². The summed E-state index contributed by atoms with van der Waals surface area (Å²) >= 11 is 0. The number of carbonyl (C=O) groups is 3. The molecule has 3 atom stereocenters. The Bertz CT molecular complexity index is 1120. The number of carbonyl (C=O) groups excluding carboxylic acids is 2. The van der Waals surface area contributed by atoms with Crippen molar-refractivity contribution in [3.05, 3.63) is 72.3 Å². The fourth-order valence-corrected chi connectivity index (χ4v) is 5.93. The zero-order chi connectivity index (χ0) is 23.9. The first-order chi connectivity index (χ1) is 16.4. The summed E-state index contributed by atoms with van der Waals surface area (Å²) in [5, 5.41) is 12.1. The lowest BCUT2D eigenvalue weighted by molar-refractivity contribution is -0.146. The van der Waals surface area contributed by atoms with Gasteiger partial charge in [0.1, 0.15) is 13.2 Å². The summed E-state index contributed by atoms with van der Waals surface area (Å²) < 4.78 is 5.65. The number of aliphatic carboxylic acids is 1. The van der Waals surface area contributed by atoms with Gasteiger partial charge < -0.3 is 20.1 Å². The number of rotatable bonds is 8. The number of alkyl carbamates (subject to hydrolysis) is 1. The summed E-state index contributed by atoms with van der Waals surface area (Å²) in [6.45, 7) is 3.73. The Labute approximate surface area is 198 Å². The van der Waals surface area contributed by atoms with Crippen LogP contribution in [0.15, 0.2) is 61.2 Å². The second-order valence-corrected chi connectivity index (χ2v) is 9.53. The van der Waals surface area contributed by atoms with Crippen molar-refractivity contribution in [2.75, 3.05) is 19.7 Å². The van der Waals surface area contributed by atoms with Gasteiger partial charge in [-0.1, -0.05) is 54.6 Å². The first-order valence-electron chi connectivity index (χ1n) is 11.7. The van der Waals surface area contributed by atoms with Gasteiger partial charge in [0.25, 0.3) is 0 Å². The molecule has 0 bridgehead atoms. The number of carboxylic acids is 1. The summed E-state index contributed by atoms with van der Waals surface area (Å²) in [5.74, 6) is -1.04. The summed E-state index contributed by atoms with van der Waals surface area (Å²) in [5.41, 5.74) is 4.09. The number of amides is 2. The molecule has 176 valence electrons. The SMILES string of the molecule is C=CCN(CC(=O)O)C(=O)[C@@]12C[C@@H](NC(=O)OCC3c4ccccc4-c4ccccc43)C[C@@H]1C2. The van der Waals surface area contributed by atoms with Gasteiger partial charge in [0.2, 0.25) is 5.91 Å². The van der Waals surface area contributed by atoms with Crippen LogP contribution < -0.4 is 5.32 Å². The highest BCUT2D eigenvalue weighted by Gasteiger charge is 2.66. The first kappa shape index (κ1) is 22.2. The molecule has 0 heterocycles. The van der Waals surface area contributed by atoms with Gasteiger partial charge in [-0.05, 0) is 47.4 Å². The van der Waals surface area contributed by atoms with E-state index in [2.05, 4.69) is 36.2 Å². The number of ether oxygens (including phenoxy) is 1. The van der Waals surface area contributed by atoms with Crippen LogP contribution in [0.4, 0.5) is 4.79 Å². The maximum atomic E-state index is 13.1. The highest BCUT2D eigenvalue weighted by atomic mass is 16.5. The second kappa shape index (κ2) is 8.63. The topological polar surface area (TPSA) is 95.9 Å². The van der Waals surface area contributed by atoms with Crippen LogP contribution in [-0.2, 0) is 14.3 Å². The monoisotopic (exact) mass is 460 g/mol. The van der Waals surface area contributed by atoms with Crippen molar-refractivity contribution in [2.24, 2.45) is 11.3 Å². The molecule has 2 aromatic carbocycles. The van der Waals surface area contributed by atoms with Crippen LogP contribution in [0.2, 0.25) is 0 Å². The molecule has 5 rings (SSSR count). The molecular weight excluding hydrogens is 432 g/mol. The highest BCUT2D eigenvalue weighted by molar-refractivity contribution is 5.89. The summed E-state index contributed by atoms with van der Waals surface area (Å²) in [7, 11) is 0. The van der Waals surface area contributed by atoms with Crippen molar-refractivity contribution >= 4 is 18.0 Å². The molecule has 7 heteroatoms. The predicted molar refractivity (Wildman–Crippen MR) is 126 cm³/mol. The number of fused-ring (bicyclic) bond motifs is 4. The zero-order valence-electron chi connectivity index (χ0n) is 18.9. The maximum Gasteiger partial charge on any atom is 0.407 e. The Morgan fingerprint density at radius 2 is 1.74 bits per heavy atom. The van der Waals surface area contributed by atoms with E-state index < -0.39 is 17.5 Å². The Morgan fingerprint density at radius 1 is 1.09 bits per heavy atom. The highest BCUT2D eigenvalue weighted by Crippen LogP contribution is 2.64. The van der Waals surface area contributed by atoms with Crippen LogP contribution in [0.3, 0.4) is 0 Å². The number of hydrogen-bond donors (Lipinski definition) is 2. The quantitative estimate of drug-likeness (QED) is 0.585. The molecule has 0 aliphatic heterocycles. The number of nitrogens with one attached hydrogen (secondary N) is 1. The van der Waals surface area contributed by atoms with Gasteiger partial charge in [-0.15, -0.1) is 6.58 Å². The largest absolute Gasteiger partial charge is 0.480 e. The maximum absolute atomic E-state index is 13.1. The fourth-order valence-electron chi connectivity index (χ4n) is 5.93. The smallest absolute Gasteiger partial charge is 0.407 e. The lowest BCUT2D eigenvalue weighted by Crippen LogP contribution is -2.42. The van der Waals surface area contributed by atoms with Gasteiger partial charge in [-0.3, -0.25) is 9.59 Å². The molecule has 34 heavy (non-hydrogen) atoms. The third-order valence-electron chi connectivity index (χ3n) is 7.47. The molecule has 0 radical (unpaired) electrons. The van der Waals surface area contributed by atoms with Crippen molar-refractivity contribution in [1.82, 2.24) is 10.2 Å². The van der Waals surface area contributed by atoms with Crippen molar-refractivity contribution in [3.63, 3.8) is 0 Å². The summed E-state index contributed by atoms with van der Waals surface area (Å²) in [6.07, 6.45) is 3.00. The first-order valence-corrected chi connectivity index (χ1v) is 11.7. The minimum absolute atomic E-state index is 0.00784. The Kier molecular flexibility index (Phi) is 5.63. The molecule has 3 aliphatic rings. The molecule has 2 fully saturated rings. The van der Waals surface area contributed by atoms with E-state index in [9.17, 15) is 14.4 Å². The van der Waals surface area contributed by atoms with E-state index >= 15 is 0 Å². The molecular formula is C27H28N2O5. The van der Waals surface area contributed by atoms with Gasteiger partial charge in [-0.2, -0.15) is 0 Å². The molecule has 0 saturated heterocycles. The molecule has 2 amide bonds. The standard InChI is InChI=1S/C27H28N2O5/c1-2-11-29(15-24(30)31)25(32)27-13-17(27)12-18(14-27)28-26(33)34-16-23-21-9-5-3-7-19(21)20-8-4-6-10-22(20)23/h2-10,17-18,23H,1,11-16H2,(H,28,33)(H,30,31)/t17-,18+,27+/m1/s1. The van der Waals surface area contributed by atoms with Crippen LogP contribution in [0.5, 0.6) is 0 Å². The predicted octanol–water partition coefficient (Wildman–Crippen LogP) is 3.79. The molecule has 0 spiro atoms. The minimum atomic E-state index is -1.05. The molecule has 7 nitrogen and oxygen atoms in total. The van der Waals surface area contributed by atoms with Gasteiger partial charge in [0.15, 0.2) is 0 Å². The summed E-state index contributed by atoms with van der Waals surface area (Å²) in [6, 6.07) is 16.2. The van der Waals surface area contributed by atoms with Crippen molar-refractivity contribution in [3.8, 4) is 11.1 Å². The zero-order valence-corrected chi connectivity index (χ0v) is 18.9. The van der Waals surface area contributed by atoms with E-state index in [1.807, 2.05) is 24.3 Å². The van der Waals surface area contributed by atoms with Gasteiger partial charge in [0, 0.05) is 18.5 Å². The van der Waals surface area contributed by atoms with Gasteiger partial charge in [0.05, 0.1) is 5.41 Å². The van der Waals surface area contributed by atoms with Crippen LogP contribution >= 0.6 is 0 Å². The Balaban J connectivity index is 1.19. The average Bonchev–Trinajstić information content (AvgIpc) is 3.25. The normalized spacial score (nSPS) is 23.9. The van der Waals surface area contributed by atoms with Crippen molar-refractivity contribution in [2.45, 2.75) is 31.2 Å². The molecule has 2 N–H and O–H groups in total. The van der Waals surface area contributed by atoms with Crippen LogP contribution in [0, 0.1) is 11.3 Å². The fraction of sp³-hybridized carbons (Fsp3) is 0.370. The number of carboxylic acid groups (broad SMARTS) is 1. The second-order valence-electron chi connectivity index (χ2n) is 9.53.